The van der Waals surface area contributed by atoms with Crippen LogP contribution in [-0.4, -0.2) is 59.3 Å². The van der Waals surface area contributed by atoms with Crippen LogP contribution in [0.1, 0.15) is 58.8 Å². The summed E-state index contributed by atoms with van der Waals surface area (Å²) < 4.78 is 30.3. The molecule has 1 aliphatic carbocycles. The maximum absolute atomic E-state index is 15.1. The second-order valence-corrected chi connectivity index (χ2v) is 11.8. The molecule has 0 unspecified atom stereocenters. The van der Waals surface area contributed by atoms with Gasteiger partial charge in [0.05, 0.1) is 12.0 Å². The zero-order valence-electron chi connectivity index (χ0n) is 22.3. The average Bonchev–Trinajstić information content (AvgIpc) is 2.87. The Labute approximate surface area is 232 Å². The monoisotopic (exact) mass is 563 g/mol. The lowest BCUT2D eigenvalue weighted by molar-refractivity contribution is -0.194. The summed E-state index contributed by atoms with van der Waals surface area (Å²) >= 11 is 6.13. The van der Waals surface area contributed by atoms with Gasteiger partial charge in [0, 0.05) is 35.6 Å². The number of piperidine rings is 3. The van der Waals surface area contributed by atoms with E-state index in [-0.39, 0.29) is 24.7 Å². The normalized spacial score (nSPS) is 27.3. The molecule has 3 heterocycles. The fourth-order valence-corrected chi connectivity index (χ4v) is 6.41. The van der Waals surface area contributed by atoms with Gasteiger partial charge in [-0.05, 0) is 62.6 Å². The van der Waals surface area contributed by atoms with E-state index in [1.165, 1.54) is 4.90 Å². The summed E-state index contributed by atoms with van der Waals surface area (Å²) in [6.07, 6.45) is 1.85. The van der Waals surface area contributed by atoms with Crippen LogP contribution in [0.4, 0.5) is 14.5 Å². The van der Waals surface area contributed by atoms with E-state index in [1.807, 2.05) is 19.9 Å². The predicted molar refractivity (Wildman–Crippen MR) is 143 cm³/mol. The van der Waals surface area contributed by atoms with Crippen molar-refractivity contribution < 1.29 is 23.2 Å². The molecule has 0 radical (unpaired) electrons. The van der Waals surface area contributed by atoms with Crippen LogP contribution in [0.15, 0.2) is 24.3 Å². The summed E-state index contributed by atoms with van der Waals surface area (Å²) in [6.45, 7) is 4.48. The van der Waals surface area contributed by atoms with Gasteiger partial charge in [0.2, 0.25) is 17.7 Å². The molecular weight excluding hydrogens is 528 g/mol. The largest absolute Gasteiger partial charge is 0.374 e. The fraction of sp³-hybridized carbons (Fsp3) is 0.643. The summed E-state index contributed by atoms with van der Waals surface area (Å²) in [5, 5.41) is 18.8. The summed E-state index contributed by atoms with van der Waals surface area (Å²) in [4.78, 5) is 41.2. The van der Waals surface area contributed by atoms with Gasteiger partial charge in [-0.1, -0.05) is 31.5 Å². The highest BCUT2D eigenvalue weighted by Gasteiger charge is 2.61. The average molecular weight is 564 g/mol. The van der Waals surface area contributed by atoms with Crippen molar-refractivity contribution in [2.75, 3.05) is 11.9 Å². The third-order valence-electron chi connectivity index (χ3n) is 8.02. The molecule has 4 fully saturated rings. The van der Waals surface area contributed by atoms with E-state index in [4.69, 9.17) is 11.6 Å². The van der Waals surface area contributed by atoms with E-state index in [0.717, 1.165) is 6.42 Å². The second-order valence-electron chi connectivity index (χ2n) is 11.4. The molecule has 3 saturated heterocycles. The van der Waals surface area contributed by atoms with Crippen LogP contribution in [0, 0.1) is 29.1 Å². The van der Waals surface area contributed by atoms with E-state index in [1.54, 1.807) is 24.3 Å². The molecular formula is C28H36ClF2N5O3. The molecule has 1 aromatic rings. The van der Waals surface area contributed by atoms with Gasteiger partial charge in [-0.2, -0.15) is 5.26 Å². The molecule has 8 nitrogen and oxygen atoms in total. The first-order valence-corrected chi connectivity index (χ1v) is 14.1. The molecule has 2 bridgehead atoms. The Morgan fingerprint density at radius 2 is 2.05 bits per heavy atom. The van der Waals surface area contributed by atoms with Crippen molar-refractivity contribution in [3.63, 3.8) is 0 Å². The highest BCUT2D eigenvalue weighted by atomic mass is 35.5. The number of fused-ring (bicyclic) bond motifs is 3. The molecule has 5 rings (SSSR count). The van der Waals surface area contributed by atoms with Gasteiger partial charge in [-0.3, -0.25) is 14.4 Å². The van der Waals surface area contributed by atoms with Gasteiger partial charge >= 0.3 is 0 Å². The quantitative estimate of drug-likeness (QED) is 0.418. The van der Waals surface area contributed by atoms with Gasteiger partial charge < -0.3 is 20.9 Å². The number of hydrogen-bond acceptors (Lipinski definition) is 5. The molecule has 4 aliphatic rings. The van der Waals surface area contributed by atoms with Gasteiger partial charge in [0.25, 0.3) is 5.92 Å². The van der Waals surface area contributed by atoms with Gasteiger partial charge in [-0.15, -0.1) is 0 Å². The summed E-state index contributed by atoms with van der Waals surface area (Å²) in [5.74, 6) is -6.18. The van der Waals surface area contributed by atoms with Crippen molar-refractivity contribution in [3.05, 3.63) is 29.3 Å². The first kappa shape index (κ1) is 29.1. The number of amides is 3. The molecule has 0 aromatic heterocycles. The molecule has 212 valence electrons. The minimum Gasteiger partial charge on any atom is -0.374 e. The van der Waals surface area contributed by atoms with E-state index in [2.05, 4.69) is 16.0 Å². The van der Waals surface area contributed by atoms with Crippen molar-refractivity contribution in [1.29, 1.82) is 5.26 Å². The standard InChI is InChI=1S/C28H36ClF2N5O3/c1-16(2)11-23(34-19-7-3-6-18(29)13-19)27(39)36-21-8-9-22(28(30,31)14-21)24(36)26(38)35-20(15-32)12-17-5-4-10-33-25(17)37/h3,6-7,13,16-17,20-24,34H,4-5,8-12,14H2,1-2H3,(H,33,37)(H,35,38)/t17-,20+,21-,22-,23-,24-/m0/s1. The Bertz CT molecular complexity index is 1130. The highest BCUT2D eigenvalue weighted by molar-refractivity contribution is 6.30. The maximum atomic E-state index is 15.1. The highest BCUT2D eigenvalue weighted by Crippen LogP contribution is 2.49. The number of nitrogens with one attached hydrogen (secondary N) is 3. The third kappa shape index (κ3) is 6.63. The minimum atomic E-state index is -3.11. The molecule has 1 saturated carbocycles. The van der Waals surface area contributed by atoms with Crippen molar-refractivity contribution in [2.24, 2.45) is 17.8 Å². The SMILES string of the molecule is CC(C)C[C@H](Nc1cccc(Cl)c1)C(=O)N1[C@H]2CC[C@@H]([C@H]1C(=O)N[C@@H](C#N)C[C@@H]1CCCNC1=O)C(F)(F)C2. The number of carbonyl (C=O) groups is 3. The zero-order valence-corrected chi connectivity index (χ0v) is 23.0. The van der Waals surface area contributed by atoms with Crippen molar-refractivity contribution in [2.45, 2.75) is 88.9 Å². The fourth-order valence-electron chi connectivity index (χ4n) is 6.22. The van der Waals surface area contributed by atoms with Gasteiger partial charge in [0.1, 0.15) is 18.1 Å². The summed E-state index contributed by atoms with van der Waals surface area (Å²) in [5.41, 5.74) is 0.616. The summed E-state index contributed by atoms with van der Waals surface area (Å²) in [7, 11) is 0. The first-order chi connectivity index (χ1) is 18.5. The number of benzene rings is 1. The molecule has 3 N–H and O–H groups in total. The van der Waals surface area contributed by atoms with Crippen LogP contribution in [0.2, 0.25) is 5.02 Å². The van der Waals surface area contributed by atoms with Crippen molar-refractivity contribution in [1.82, 2.24) is 15.5 Å². The molecule has 3 aliphatic heterocycles. The van der Waals surface area contributed by atoms with Crippen LogP contribution in [-0.2, 0) is 14.4 Å². The second kappa shape index (κ2) is 12.1. The van der Waals surface area contributed by atoms with Crippen LogP contribution in [0.5, 0.6) is 0 Å². The van der Waals surface area contributed by atoms with Gasteiger partial charge in [-0.25, -0.2) is 8.78 Å². The Hall–Kier alpha value is -2.93. The van der Waals surface area contributed by atoms with E-state index in [0.29, 0.717) is 36.5 Å². The number of anilines is 1. The Balaban J connectivity index is 1.58. The van der Waals surface area contributed by atoms with Gasteiger partial charge in [0.15, 0.2) is 0 Å². The lowest BCUT2D eigenvalue weighted by Crippen LogP contribution is -2.70. The van der Waals surface area contributed by atoms with E-state index in [9.17, 15) is 19.6 Å². The number of carbonyl (C=O) groups excluding carboxylic acids is 3. The molecule has 11 heteroatoms. The number of halogens is 3. The lowest BCUT2D eigenvalue weighted by atomic mass is 9.71. The number of hydrogen-bond donors (Lipinski definition) is 3. The Kier molecular flexibility index (Phi) is 9.00. The molecule has 3 amide bonds. The molecule has 39 heavy (non-hydrogen) atoms. The topological polar surface area (TPSA) is 114 Å². The van der Waals surface area contributed by atoms with E-state index >= 15 is 8.78 Å². The van der Waals surface area contributed by atoms with Crippen LogP contribution in [0.3, 0.4) is 0 Å². The number of nitriles is 1. The van der Waals surface area contributed by atoms with Crippen molar-refractivity contribution >= 4 is 35.0 Å². The lowest BCUT2D eigenvalue weighted by Gasteiger charge is -2.54. The Morgan fingerprint density at radius 1 is 1.28 bits per heavy atom. The third-order valence-corrected chi connectivity index (χ3v) is 8.26. The number of rotatable bonds is 9. The Morgan fingerprint density at radius 3 is 2.69 bits per heavy atom. The predicted octanol–water partition coefficient (Wildman–Crippen LogP) is 4.11. The number of nitrogens with zero attached hydrogens (tertiary/aromatic N) is 2. The molecule has 0 spiro atoms. The first-order valence-electron chi connectivity index (χ1n) is 13.7. The minimum absolute atomic E-state index is 0.0888. The molecule has 6 atom stereocenters. The number of alkyl halides is 2. The molecule has 1 aromatic carbocycles. The maximum Gasteiger partial charge on any atom is 0.255 e. The van der Waals surface area contributed by atoms with Crippen LogP contribution >= 0.6 is 11.6 Å². The smallest absolute Gasteiger partial charge is 0.255 e. The van der Waals surface area contributed by atoms with Crippen LogP contribution in [0.25, 0.3) is 0 Å². The zero-order chi connectivity index (χ0) is 28.3. The van der Waals surface area contributed by atoms with Crippen molar-refractivity contribution in [3.8, 4) is 6.07 Å². The van der Waals surface area contributed by atoms with E-state index < -0.39 is 60.2 Å². The summed E-state index contributed by atoms with van der Waals surface area (Å²) in [6, 6.07) is 4.91. The van der Waals surface area contributed by atoms with Crippen LogP contribution < -0.4 is 16.0 Å².